The second kappa shape index (κ2) is 25.0. The van der Waals surface area contributed by atoms with Gasteiger partial charge >= 0.3 is 5.97 Å². The minimum absolute atomic E-state index is 0.0322. The number of carbonyl (C=O) groups is 6. The molecule has 1 unspecified atom stereocenters. The lowest BCUT2D eigenvalue weighted by atomic mass is 9.89. The molecular weight excluding hydrogens is 767 g/mol. The first kappa shape index (κ1) is 52.1. The van der Waals surface area contributed by atoms with Crippen molar-refractivity contribution in [1.29, 1.82) is 0 Å². The van der Waals surface area contributed by atoms with E-state index in [0.717, 1.165) is 5.56 Å². The van der Waals surface area contributed by atoms with Gasteiger partial charge in [0.05, 0.1) is 43.7 Å². The number of carbonyl (C=O) groups excluding carboxylic acids is 6. The van der Waals surface area contributed by atoms with Crippen molar-refractivity contribution in [2.45, 2.75) is 150 Å². The fraction of sp³-hybridized carbons (Fsp3) is 0.739. The summed E-state index contributed by atoms with van der Waals surface area (Å²) >= 11 is 0. The maximum atomic E-state index is 14.5. The molecule has 0 aromatic heterocycles. The number of likely N-dealkylation sites (N-methyl/N-ethyl adjacent to an activating group) is 2. The van der Waals surface area contributed by atoms with E-state index < -0.39 is 66.1 Å². The molecule has 0 radical (unpaired) electrons. The first-order chi connectivity index (χ1) is 28.2. The van der Waals surface area contributed by atoms with Gasteiger partial charge in [0.2, 0.25) is 29.5 Å². The van der Waals surface area contributed by atoms with Gasteiger partial charge in [-0.3, -0.25) is 24.0 Å². The molecular formula is C46H77N5O9. The number of likely N-dealkylation sites (tertiary alicyclic amines) is 1. The number of rotatable bonds is 24. The molecule has 1 aliphatic rings. The Bertz CT molecular complexity index is 1540. The normalized spacial score (nSPS) is 18.2. The molecule has 2 N–H and O–H groups in total. The maximum absolute atomic E-state index is 14.5. The van der Waals surface area contributed by atoms with Gasteiger partial charge in [0, 0.05) is 47.7 Å². The highest BCUT2D eigenvalue weighted by Crippen LogP contribution is 2.30. The summed E-state index contributed by atoms with van der Waals surface area (Å²) in [5.41, 5.74) is 0.866. The van der Waals surface area contributed by atoms with Crippen LogP contribution in [0.25, 0.3) is 0 Å². The molecule has 2 rings (SSSR count). The molecule has 60 heavy (non-hydrogen) atoms. The van der Waals surface area contributed by atoms with Crippen LogP contribution in [-0.2, 0) is 49.4 Å². The maximum Gasteiger partial charge on any atom is 0.328 e. The molecule has 1 heterocycles. The van der Waals surface area contributed by atoms with Gasteiger partial charge in [-0.15, -0.1) is 0 Å². The standard InChI is InChI=1S/C46H77N5O9/c1-15-31(8)41(50(11)45(56)39(29(4)5)48-44(55)40(30(6)7)49(10)37(52)24-23-28(2)3)36(58-12)27-38(53)51-25-19-22-35(51)42(59-13)32(9)43(54)47-34(46(57)60-14)26-33-20-17-16-18-21-33/h16-18,20-21,28-32,34-36,39-42H,15,19,22-27H2,1-14H3,(H,47,54)(H,48,55)/t31-,32+,34-,35-,36+,39-,40?,41-,42+/m0/s1. The van der Waals surface area contributed by atoms with Crippen molar-refractivity contribution in [1.82, 2.24) is 25.3 Å². The molecule has 14 nitrogen and oxygen atoms in total. The molecule has 340 valence electrons. The van der Waals surface area contributed by atoms with Crippen molar-refractivity contribution < 1.29 is 43.0 Å². The summed E-state index contributed by atoms with van der Waals surface area (Å²) in [6.07, 6.45) is 1.91. The van der Waals surface area contributed by atoms with E-state index in [9.17, 15) is 28.8 Å². The lowest BCUT2D eigenvalue weighted by Crippen LogP contribution is -2.60. The summed E-state index contributed by atoms with van der Waals surface area (Å²) in [4.78, 5) is 87.1. The van der Waals surface area contributed by atoms with E-state index in [2.05, 4.69) is 24.5 Å². The summed E-state index contributed by atoms with van der Waals surface area (Å²) in [5, 5.41) is 5.86. The van der Waals surface area contributed by atoms with E-state index in [0.29, 0.717) is 44.6 Å². The van der Waals surface area contributed by atoms with Crippen LogP contribution in [0, 0.1) is 29.6 Å². The first-order valence-corrected chi connectivity index (χ1v) is 21.9. The second-order valence-electron chi connectivity index (χ2n) is 17.7. The number of benzene rings is 1. The van der Waals surface area contributed by atoms with Crippen molar-refractivity contribution in [2.24, 2.45) is 29.6 Å². The number of nitrogens with zero attached hydrogens (tertiary/aromatic N) is 3. The van der Waals surface area contributed by atoms with Crippen LogP contribution in [-0.4, -0.2) is 135 Å². The van der Waals surface area contributed by atoms with Crippen LogP contribution in [0.5, 0.6) is 0 Å². The highest BCUT2D eigenvalue weighted by molar-refractivity contribution is 5.92. The van der Waals surface area contributed by atoms with Crippen LogP contribution in [0.15, 0.2) is 30.3 Å². The Balaban J connectivity index is 2.30. The fourth-order valence-corrected chi connectivity index (χ4v) is 8.44. The number of nitrogens with one attached hydrogen (secondary N) is 2. The van der Waals surface area contributed by atoms with Gasteiger partial charge in [-0.25, -0.2) is 4.79 Å². The fourth-order valence-electron chi connectivity index (χ4n) is 8.44. The highest BCUT2D eigenvalue weighted by Gasteiger charge is 2.44. The second-order valence-corrected chi connectivity index (χ2v) is 17.7. The van der Waals surface area contributed by atoms with Crippen LogP contribution in [0.3, 0.4) is 0 Å². The zero-order chi connectivity index (χ0) is 45.4. The van der Waals surface area contributed by atoms with Crippen LogP contribution in [0.2, 0.25) is 0 Å². The summed E-state index contributed by atoms with van der Waals surface area (Å²) in [6.45, 7) is 17.8. The van der Waals surface area contributed by atoms with Gasteiger partial charge in [-0.2, -0.15) is 0 Å². The Morgan fingerprint density at radius 3 is 1.98 bits per heavy atom. The molecule has 1 saturated heterocycles. The van der Waals surface area contributed by atoms with Crippen LogP contribution >= 0.6 is 0 Å². The molecule has 1 fully saturated rings. The van der Waals surface area contributed by atoms with Gasteiger partial charge in [0.15, 0.2) is 0 Å². The number of methoxy groups -OCH3 is 3. The molecule has 1 aromatic rings. The monoisotopic (exact) mass is 844 g/mol. The van der Waals surface area contributed by atoms with E-state index >= 15 is 0 Å². The van der Waals surface area contributed by atoms with Gasteiger partial charge in [-0.1, -0.05) is 99.1 Å². The number of esters is 1. The van der Waals surface area contributed by atoms with Crippen molar-refractivity contribution in [2.75, 3.05) is 42.0 Å². The molecule has 1 aliphatic heterocycles. The molecule has 0 saturated carbocycles. The Morgan fingerprint density at radius 2 is 1.47 bits per heavy atom. The topological polar surface area (TPSA) is 164 Å². The summed E-state index contributed by atoms with van der Waals surface area (Å²) in [6, 6.07) is 5.84. The average Bonchev–Trinajstić information content (AvgIpc) is 3.70. The van der Waals surface area contributed by atoms with Crippen molar-refractivity contribution in [3.8, 4) is 0 Å². The lowest BCUT2D eigenvalue weighted by molar-refractivity contribution is -0.149. The average molecular weight is 844 g/mol. The van der Waals surface area contributed by atoms with E-state index in [-0.39, 0.29) is 48.3 Å². The third-order valence-corrected chi connectivity index (χ3v) is 12.2. The number of hydrogen-bond acceptors (Lipinski definition) is 9. The summed E-state index contributed by atoms with van der Waals surface area (Å²) in [7, 11) is 7.67. The van der Waals surface area contributed by atoms with E-state index in [1.807, 2.05) is 71.9 Å². The van der Waals surface area contributed by atoms with Crippen LogP contribution < -0.4 is 10.6 Å². The third-order valence-electron chi connectivity index (χ3n) is 12.2. The largest absolute Gasteiger partial charge is 0.467 e. The highest BCUT2D eigenvalue weighted by atomic mass is 16.5. The molecule has 0 aliphatic carbocycles. The summed E-state index contributed by atoms with van der Waals surface area (Å²) in [5.74, 6) is -2.91. The zero-order valence-corrected chi connectivity index (χ0v) is 39.0. The number of amides is 5. The first-order valence-electron chi connectivity index (χ1n) is 21.9. The Kier molecular flexibility index (Phi) is 21.7. The van der Waals surface area contributed by atoms with Crippen molar-refractivity contribution >= 4 is 35.5 Å². The van der Waals surface area contributed by atoms with Gasteiger partial charge in [0.1, 0.15) is 18.1 Å². The Hall–Kier alpha value is -4.04. The third kappa shape index (κ3) is 14.3. The molecule has 14 heteroatoms. The number of hydrogen-bond donors (Lipinski definition) is 2. The minimum Gasteiger partial charge on any atom is -0.467 e. The molecule has 0 bridgehead atoms. The van der Waals surface area contributed by atoms with E-state index in [1.165, 1.54) is 26.2 Å². The number of ether oxygens (including phenoxy) is 3. The lowest BCUT2D eigenvalue weighted by Gasteiger charge is -2.41. The summed E-state index contributed by atoms with van der Waals surface area (Å²) < 4.78 is 17.0. The van der Waals surface area contributed by atoms with E-state index in [4.69, 9.17) is 14.2 Å². The van der Waals surface area contributed by atoms with Crippen molar-refractivity contribution in [3.63, 3.8) is 0 Å². The Morgan fingerprint density at radius 1 is 0.833 bits per heavy atom. The molecule has 5 amide bonds. The Labute approximate surface area is 360 Å². The van der Waals surface area contributed by atoms with Crippen LogP contribution in [0.1, 0.15) is 106 Å². The smallest absolute Gasteiger partial charge is 0.328 e. The molecule has 0 spiro atoms. The van der Waals surface area contributed by atoms with Gasteiger partial charge < -0.3 is 39.5 Å². The predicted molar refractivity (Wildman–Crippen MR) is 232 cm³/mol. The molecule has 9 atom stereocenters. The SMILES string of the molecule is CC[C@H](C)[C@@H]([C@@H](CC(=O)N1CCC[C@H]1[C@H](OC)[C@@H](C)C(=O)N[C@@H](Cc1ccccc1)C(=O)OC)OC)N(C)C(=O)[C@@H](NC(=O)C(C(C)C)N(C)C(=O)CCC(C)C)C(C)C. The minimum atomic E-state index is -0.906. The van der Waals surface area contributed by atoms with Gasteiger partial charge in [-0.05, 0) is 48.5 Å². The quantitative estimate of drug-likeness (QED) is 0.138. The molecule has 1 aromatic carbocycles. The van der Waals surface area contributed by atoms with Crippen molar-refractivity contribution in [3.05, 3.63) is 35.9 Å². The van der Waals surface area contributed by atoms with Crippen LogP contribution in [0.4, 0.5) is 0 Å². The van der Waals surface area contributed by atoms with Gasteiger partial charge in [0.25, 0.3) is 0 Å². The predicted octanol–water partition coefficient (Wildman–Crippen LogP) is 4.87. The zero-order valence-electron chi connectivity index (χ0n) is 39.0. The van der Waals surface area contributed by atoms with E-state index in [1.54, 1.807) is 30.8 Å².